The van der Waals surface area contributed by atoms with Crippen LogP contribution in [0.4, 0.5) is 0 Å². The lowest BCUT2D eigenvalue weighted by Crippen LogP contribution is -2.40. The van der Waals surface area contributed by atoms with Crippen LogP contribution in [0.1, 0.15) is 46.5 Å². The third kappa shape index (κ3) is 4.43. The first-order valence-corrected chi connectivity index (χ1v) is 5.95. The van der Waals surface area contributed by atoms with Crippen molar-refractivity contribution in [2.45, 2.75) is 52.5 Å². The zero-order valence-electron chi connectivity index (χ0n) is 9.97. The van der Waals surface area contributed by atoms with Crippen LogP contribution in [-0.2, 0) is 0 Å². The molecular weight excluding hydrogens is 172 g/mol. The van der Waals surface area contributed by atoms with Crippen LogP contribution in [0.3, 0.4) is 0 Å². The van der Waals surface area contributed by atoms with E-state index in [2.05, 4.69) is 26.1 Å². The van der Waals surface area contributed by atoms with Gasteiger partial charge in [0, 0.05) is 6.04 Å². The molecule has 0 aromatic carbocycles. The summed E-state index contributed by atoms with van der Waals surface area (Å²) in [4.78, 5) is 0. The van der Waals surface area contributed by atoms with Crippen LogP contribution >= 0.6 is 0 Å². The van der Waals surface area contributed by atoms with E-state index in [4.69, 9.17) is 5.73 Å². The molecule has 14 heavy (non-hydrogen) atoms. The predicted molar refractivity (Wildman–Crippen MR) is 62.3 cm³/mol. The van der Waals surface area contributed by atoms with Gasteiger partial charge in [0.15, 0.2) is 0 Å². The second-order valence-corrected chi connectivity index (χ2v) is 5.90. The molecule has 0 bridgehead atoms. The molecule has 0 saturated heterocycles. The van der Waals surface area contributed by atoms with Gasteiger partial charge in [-0.2, -0.15) is 0 Å². The summed E-state index contributed by atoms with van der Waals surface area (Å²) < 4.78 is 0. The summed E-state index contributed by atoms with van der Waals surface area (Å²) in [6.07, 6.45) is 5.37. The standard InChI is InChI=1S/C12H26N2/c1-12(2,3)7-10(8-13)9-14-11-5-4-6-11/h10-11,14H,4-9,13H2,1-3H3. The Kier molecular flexibility index (Phi) is 4.39. The zero-order chi connectivity index (χ0) is 10.6. The number of hydrogen-bond acceptors (Lipinski definition) is 2. The minimum atomic E-state index is 0.408. The van der Waals surface area contributed by atoms with Gasteiger partial charge < -0.3 is 11.1 Å². The summed E-state index contributed by atoms with van der Waals surface area (Å²) >= 11 is 0. The van der Waals surface area contributed by atoms with Crippen LogP contribution in [0.25, 0.3) is 0 Å². The lowest BCUT2D eigenvalue weighted by atomic mass is 9.84. The van der Waals surface area contributed by atoms with Gasteiger partial charge in [-0.05, 0) is 43.7 Å². The van der Waals surface area contributed by atoms with Crippen molar-refractivity contribution in [1.82, 2.24) is 5.32 Å². The van der Waals surface area contributed by atoms with Crippen molar-refractivity contribution in [3.05, 3.63) is 0 Å². The van der Waals surface area contributed by atoms with E-state index in [1.807, 2.05) is 0 Å². The molecular formula is C12H26N2. The normalized spacial score (nSPS) is 20.6. The topological polar surface area (TPSA) is 38.0 Å². The Morgan fingerprint density at radius 3 is 2.36 bits per heavy atom. The summed E-state index contributed by atoms with van der Waals surface area (Å²) in [5.41, 5.74) is 6.19. The van der Waals surface area contributed by atoms with Crippen LogP contribution in [0.2, 0.25) is 0 Å². The highest BCUT2D eigenvalue weighted by atomic mass is 14.9. The van der Waals surface area contributed by atoms with Gasteiger partial charge in [0.1, 0.15) is 0 Å². The maximum Gasteiger partial charge on any atom is 0.00672 e. The highest BCUT2D eigenvalue weighted by molar-refractivity contribution is 4.79. The Bertz CT molecular complexity index is 156. The minimum Gasteiger partial charge on any atom is -0.330 e. The highest BCUT2D eigenvalue weighted by Gasteiger charge is 2.21. The molecule has 1 atom stereocenters. The monoisotopic (exact) mass is 198 g/mol. The van der Waals surface area contributed by atoms with E-state index in [0.717, 1.165) is 19.1 Å². The molecule has 2 heteroatoms. The van der Waals surface area contributed by atoms with Crippen molar-refractivity contribution in [2.75, 3.05) is 13.1 Å². The van der Waals surface area contributed by atoms with E-state index < -0.39 is 0 Å². The van der Waals surface area contributed by atoms with E-state index in [9.17, 15) is 0 Å². The molecule has 0 radical (unpaired) electrons. The fourth-order valence-corrected chi connectivity index (χ4v) is 2.05. The molecule has 0 aromatic heterocycles. The molecule has 1 fully saturated rings. The predicted octanol–water partition coefficient (Wildman–Crippen LogP) is 2.14. The molecule has 1 unspecified atom stereocenters. The molecule has 1 saturated carbocycles. The first-order chi connectivity index (χ1) is 6.51. The summed E-state index contributed by atoms with van der Waals surface area (Å²) in [5.74, 6) is 0.649. The second-order valence-electron chi connectivity index (χ2n) is 5.90. The van der Waals surface area contributed by atoms with Crippen molar-refractivity contribution in [3.8, 4) is 0 Å². The summed E-state index contributed by atoms with van der Waals surface area (Å²) in [7, 11) is 0. The Hall–Kier alpha value is -0.0800. The first-order valence-electron chi connectivity index (χ1n) is 5.95. The van der Waals surface area contributed by atoms with Crippen molar-refractivity contribution in [2.24, 2.45) is 17.1 Å². The van der Waals surface area contributed by atoms with Crippen molar-refractivity contribution >= 4 is 0 Å². The van der Waals surface area contributed by atoms with Crippen LogP contribution in [-0.4, -0.2) is 19.1 Å². The van der Waals surface area contributed by atoms with Gasteiger partial charge in [-0.25, -0.2) is 0 Å². The van der Waals surface area contributed by atoms with Crippen LogP contribution in [0.5, 0.6) is 0 Å². The molecule has 0 amide bonds. The Morgan fingerprint density at radius 1 is 1.36 bits per heavy atom. The number of nitrogens with one attached hydrogen (secondary N) is 1. The fraction of sp³-hybridized carbons (Fsp3) is 1.00. The maximum absolute atomic E-state index is 5.79. The zero-order valence-corrected chi connectivity index (χ0v) is 9.97. The van der Waals surface area contributed by atoms with E-state index in [1.54, 1.807) is 0 Å². The molecule has 0 aliphatic heterocycles. The van der Waals surface area contributed by atoms with Gasteiger partial charge in [0.25, 0.3) is 0 Å². The summed E-state index contributed by atoms with van der Waals surface area (Å²) in [5, 5.41) is 3.61. The first kappa shape index (κ1) is 12.0. The van der Waals surface area contributed by atoms with E-state index in [1.165, 1.54) is 25.7 Å². The van der Waals surface area contributed by atoms with Crippen molar-refractivity contribution < 1.29 is 0 Å². The van der Waals surface area contributed by atoms with E-state index in [-0.39, 0.29) is 0 Å². The molecule has 1 rings (SSSR count). The SMILES string of the molecule is CC(C)(C)CC(CN)CNC1CCC1. The lowest BCUT2D eigenvalue weighted by molar-refractivity contribution is 0.260. The fourth-order valence-electron chi connectivity index (χ4n) is 2.05. The highest BCUT2D eigenvalue weighted by Crippen LogP contribution is 2.24. The van der Waals surface area contributed by atoms with Crippen molar-refractivity contribution in [3.63, 3.8) is 0 Å². The maximum atomic E-state index is 5.79. The van der Waals surface area contributed by atoms with E-state index >= 15 is 0 Å². The van der Waals surface area contributed by atoms with Gasteiger partial charge in [-0.15, -0.1) is 0 Å². The van der Waals surface area contributed by atoms with Crippen molar-refractivity contribution in [1.29, 1.82) is 0 Å². The molecule has 1 aliphatic rings. The average Bonchev–Trinajstić information content (AvgIpc) is 1.97. The van der Waals surface area contributed by atoms with Gasteiger partial charge in [-0.3, -0.25) is 0 Å². The minimum absolute atomic E-state index is 0.408. The van der Waals surface area contributed by atoms with Crippen LogP contribution < -0.4 is 11.1 Å². The van der Waals surface area contributed by atoms with Crippen LogP contribution in [0, 0.1) is 11.3 Å². The Morgan fingerprint density at radius 2 is 2.00 bits per heavy atom. The molecule has 84 valence electrons. The molecule has 0 heterocycles. The van der Waals surface area contributed by atoms with Gasteiger partial charge in [0.05, 0.1) is 0 Å². The number of hydrogen-bond donors (Lipinski definition) is 2. The average molecular weight is 198 g/mol. The Labute approximate surface area is 88.6 Å². The summed E-state index contributed by atoms with van der Waals surface area (Å²) in [6, 6.07) is 0.795. The van der Waals surface area contributed by atoms with Crippen LogP contribution in [0.15, 0.2) is 0 Å². The molecule has 0 aromatic rings. The quantitative estimate of drug-likeness (QED) is 0.710. The van der Waals surface area contributed by atoms with Gasteiger partial charge >= 0.3 is 0 Å². The third-order valence-corrected chi connectivity index (χ3v) is 3.03. The lowest BCUT2D eigenvalue weighted by Gasteiger charge is -2.31. The molecule has 0 spiro atoms. The molecule has 3 N–H and O–H groups in total. The van der Waals surface area contributed by atoms with Gasteiger partial charge in [-0.1, -0.05) is 27.2 Å². The number of nitrogens with two attached hydrogens (primary N) is 1. The molecule has 2 nitrogen and oxygen atoms in total. The summed E-state index contributed by atoms with van der Waals surface area (Å²) in [6.45, 7) is 8.80. The van der Waals surface area contributed by atoms with E-state index in [0.29, 0.717) is 11.3 Å². The Balaban J connectivity index is 2.16. The second kappa shape index (κ2) is 5.13. The largest absolute Gasteiger partial charge is 0.330 e. The third-order valence-electron chi connectivity index (χ3n) is 3.03. The smallest absolute Gasteiger partial charge is 0.00672 e. The van der Waals surface area contributed by atoms with Gasteiger partial charge in [0.2, 0.25) is 0 Å². The molecule has 1 aliphatic carbocycles. The number of rotatable bonds is 5.